The summed E-state index contributed by atoms with van der Waals surface area (Å²) in [6.07, 6.45) is 5.92. The molecule has 0 bridgehead atoms. The lowest BCUT2D eigenvalue weighted by molar-refractivity contribution is -0.139. The van der Waals surface area contributed by atoms with E-state index in [1.165, 1.54) is 25.7 Å². The predicted octanol–water partition coefficient (Wildman–Crippen LogP) is 1.36. The minimum atomic E-state index is -1.00. The normalized spacial score (nSPS) is 21.1. The molecule has 2 aliphatic rings. The topological polar surface area (TPSA) is 87.7 Å². The van der Waals surface area contributed by atoms with Gasteiger partial charge in [0.25, 0.3) is 0 Å². The molecule has 1 unspecified atom stereocenters. The quantitative estimate of drug-likeness (QED) is 0.558. The van der Waals surface area contributed by atoms with E-state index in [0.717, 1.165) is 5.92 Å². The Bertz CT molecular complexity index is 364. The second kappa shape index (κ2) is 6.43. The molecule has 6 nitrogen and oxygen atoms in total. The van der Waals surface area contributed by atoms with Crippen LogP contribution in [0, 0.1) is 11.3 Å². The number of carboxylic acid groups (broad SMARTS) is 1. The minimum absolute atomic E-state index is 0.326. The van der Waals surface area contributed by atoms with Crippen LogP contribution in [-0.2, 0) is 9.53 Å². The number of carbonyl (C=O) groups excluding carboxylic acids is 1. The van der Waals surface area contributed by atoms with E-state index >= 15 is 0 Å². The van der Waals surface area contributed by atoms with Gasteiger partial charge in [-0.1, -0.05) is 0 Å². The Hall–Kier alpha value is -1.30. The van der Waals surface area contributed by atoms with Crippen molar-refractivity contribution in [1.82, 2.24) is 10.6 Å². The van der Waals surface area contributed by atoms with E-state index in [-0.39, 0.29) is 6.03 Å². The van der Waals surface area contributed by atoms with Gasteiger partial charge < -0.3 is 20.5 Å². The van der Waals surface area contributed by atoms with Crippen LogP contribution in [0.1, 0.15) is 38.5 Å². The zero-order valence-corrected chi connectivity index (χ0v) is 12.0. The van der Waals surface area contributed by atoms with E-state index in [2.05, 4.69) is 10.6 Å². The SMILES string of the molecule is COCCCC(NC(=O)NCC1(C2CC2)CC1)C(=O)O. The van der Waals surface area contributed by atoms with Gasteiger partial charge in [-0.3, -0.25) is 0 Å². The van der Waals surface area contributed by atoms with E-state index in [9.17, 15) is 9.59 Å². The molecular formula is C14H24N2O4. The summed E-state index contributed by atoms with van der Waals surface area (Å²) < 4.78 is 4.89. The number of methoxy groups -OCH3 is 1. The Balaban J connectivity index is 1.69. The largest absolute Gasteiger partial charge is 0.480 e. The molecule has 1 atom stereocenters. The second-order valence-electron chi connectivity index (χ2n) is 5.99. The third-order valence-electron chi connectivity index (χ3n) is 4.38. The molecule has 2 aliphatic carbocycles. The van der Waals surface area contributed by atoms with E-state index in [1.807, 2.05) is 0 Å². The molecule has 0 aromatic heterocycles. The lowest BCUT2D eigenvalue weighted by Crippen LogP contribution is -2.47. The Morgan fingerprint density at radius 3 is 2.60 bits per heavy atom. The van der Waals surface area contributed by atoms with Crippen molar-refractivity contribution in [2.45, 2.75) is 44.6 Å². The molecule has 0 radical (unpaired) electrons. The molecule has 0 heterocycles. The third-order valence-corrected chi connectivity index (χ3v) is 4.38. The van der Waals surface area contributed by atoms with Crippen LogP contribution < -0.4 is 10.6 Å². The van der Waals surface area contributed by atoms with Crippen molar-refractivity contribution in [1.29, 1.82) is 0 Å². The number of hydrogen-bond donors (Lipinski definition) is 3. The Morgan fingerprint density at radius 1 is 1.40 bits per heavy atom. The zero-order chi connectivity index (χ0) is 14.6. The highest BCUT2D eigenvalue weighted by Gasteiger charge is 2.53. The van der Waals surface area contributed by atoms with Crippen molar-refractivity contribution in [3.8, 4) is 0 Å². The molecule has 20 heavy (non-hydrogen) atoms. The van der Waals surface area contributed by atoms with Crippen LogP contribution in [0.4, 0.5) is 4.79 Å². The fraction of sp³-hybridized carbons (Fsp3) is 0.857. The average Bonchev–Trinajstić information content (AvgIpc) is 3.27. The maximum absolute atomic E-state index is 11.8. The molecule has 0 aliphatic heterocycles. The molecule has 2 fully saturated rings. The van der Waals surface area contributed by atoms with Gasteiger partial charge in [-0.2, -0.15) is 0 Å². The van der Waals surface area contributed by atoms with Gasteiger partial charge in [0.2, 0.25) is 0 Å². The van der Waals surface area contributed by atoms with Crippen LogP contribution in [0.3, 0.4) is 0 Å². The highest BCUT2D eigenvalue weighted by Crippen LogP contribution is 2.60. The number of amides is 2. The summed E-state index contributed by atoms with van der Waals surface area (Å²) in [4.78, 5) is 22.9. The molecule has 2 amide bonds. The number of urea groups is 1. The molecule has 0 spiro atoms. The summed E-state index contributed by atoms with van der Waals surface area (Å²) in [7, 11) is 1.57. The molecule has 114 valence electrons. The van der Waals surface area contributed by atoms with E-state index < -0.39 is 12.0 Å². The van der Waals surface area contributed by atoms with Crippen LogP contribution in [0.15, 0.2) is 0 Å². The minimum Gasteiger partial charge on any atom is -0.480 e. The summed E-state index contributed by atoms with van der Waals surface area (Å²) in [6, 6.07) is -1.22. The van der Waals surface area contributed by atoms with Crippen molar-refractivity contribution in [2.24, 2.45) is 11.3 Å². The van der Waals surface area contributed by atoms with Gasteiger partial charge in [0.05, 0.1) is 0 Å². The number of carbonyl (C=O) groups is 2. The fourth-order valence-corrected chi connectivity index (χ4v) is 2.74. The number of ether oxygens (including phenoxy) is 1. The smallest absolute Gasteiger partial charge is 0.326 e. The molecule has 3 N–H and O–H groups in total. The summed E-state index contributed by atoms with van der Waals surface area (Å²) in [5.41, 5.74) is 0.326. The predicted molar refractivity (Wildman–Crippen MR) is 73.5 cm³/mol. The number of aliphatic carboxylic acids is 1. The van der Waals surface area contributed by atoms with Crippen molar-refractivity contribution in [3.63, 3.8) is 0 Å². The van der Waals surface area contributed by atoms with Crippen LogP contribution in [0.2, 0.25) is 0 Å². The molecule has 6 heteroatoms. The molecular weight excluding hydrogens is 260 g/mol. The highest BCUT2D eigenvalue weighted by molar-refractivity contribution is 5.82. The lowest BCUT2D eigenvalue weighted by atomic mass is 10.0. The van der Waals surface area contributed by atoms with Crippen LogP contribution >= 0.6 is 0 Å². The van der Waals surface area contributed by atoms with E-state index in [0.29, 0.717) is 31.4 Å². The first-order valence-electron chi connectivity index (χ1n) is 7.33. The standard InChI is InChI=1S/C14H24N2O4/c1-20-8-2-3-11(12(17)18)16-13(19)15-9-14(6-7-14)10-4-5-10/h10-11H,2-9H2,1H3,(H,17,18)(H2,15,16,19). The lowest BCUT2D eigenvalue weighted by Gasteiger charge is -2.18. The first-order chi connectivity index (χ1) is 9.57. The van der Waals surface area contributed by atoms with E-state index in [4.69, 9.17) is 9.84 Å². The van der Waals surface area contributed by atoms with Gasteiger partial charge in [0, 0.05) is 20.3 Å². The first kappa shape index (κ1) is 15.1. The van der Waals surface area contributed by atoms with Gasteiger partial charge in [-0.25, -0.2) is 9.59 Å². The van der Waals surface area contributed by atoms with Crippen molar-refractivity contribution in [2.75, 3.05) is 20.3 Å². The number of hydrogen-bond acceptors (Lipinski definition) is 3. The monoisotopic (exact) mass is 284 g/mol. The molecule has 0 aromatic carbocycles. The number of carboxylic acids is 1. The Morgan fingerprint density at radius 2 is 2.10 bits per heavy atom. The van der Waals surface area contributed by atoms with Crippen molar-refractivity contribution >= 4 is 12.0 Å². The van der Waals surface area contributed by atoms with Gasteiger partial charge >= 0.3 is 12.0 Å². The highest BCUT2D eigenvalue weighted by atomic mass is 16.5. The Kier molecular flexibility index (Phi) is 4.86. The van der Waals surface area contributed by atoms with Gasteiger partial charge in [0.1, 0.15) is 6.04 Å². The third kappa shape index (κ3) is 4.10. The Labute approximate surface area is 119 Å². The number of rotatable bonds is 9. The maximum Gasteiger partial charge on any atom is 0.326 e. The summed E-state index contributed by atoms with van der Waals surface area (Å²) in [5, 5.41) is 14.4. The fourth-order valence-electron chi connectivity index (χ4n) is 2.74. The molecule has 0 saturated heterocycles. The average molecular weight is 284 g/mol. The van der Waals surface area contributed by atoms with Crippen LogP contribution in [-0.4, -0.2) is 43.4 Å². The maximum atomic E-state index is 11.8. The summed E-state index contributed by atoms with van der Waals surface area (Å²) in [6.45, 7) is 1.17. The van der Waals surface area contributed by atoms with Gasteiger partial charge in [0.15, 0.2) is 0 Å². The molecule has 0 aromatic rings. The molecule has 2 saturated carbocycles. The van der Waals surface area contributed by atoms with Gasteiger partial charge in [-0.15, -0.1) is 0 Å². The van der Waals surface area contributed by atoms with Crippen LogP contribution in [0.25, 0.3) is 0 Å². The zero-order valence-electron chi connectivity index (χ0n) is 12.0. The number of nitrogens with one attached hydrogen (secondary N) is 2. The van der Waals surface area contributed by atoms with Crippen molar-refractivity contribution < 1.29 is 19.4 Å². The first-order valence-corrected chi connectivity index (χ1v) is 7.33. The second-order valence-corrected chi connectivity index (χ2v) is 5.99. The van der Waals surface area contributed by atoms with Crippen LogP contribution in [0.5, 0.6) is 0 Å². The molecule has 2 rings (SSSR count). The summed E-state index contributed by atoms with van der Waals surface area (Å²) >= 11 is 0. The van der Waals surface area contributed by atoms with Gasteiger partial charge in [-0.05, 0) is 49.9 Å². The van der Waals surface area contributed by atoms with Crippen molar-refractivity contribution in [3.05, 3.63) is 0 Å². The summed E-state index contributed by atoms with van der Waals surface area (Å²) in [5.74, 6) is -0.223. The van der Waals surface area contributed by atoms with E-state index in [1.54, 1.807) is 7.11 Å².